The zero-order valence-corrected chi connectivity index (χ0v) is 11.9. The number of aromatic nitrogens is 3. The van der Waals surface area contributed by atoms with Crippen LogP contribution in [0.1, 0.15) is 45.0 Å². The average Bonchev–Trinajstić information content (AvgIpc) is 2.82. The molecule has 0 aliphatic rings. The maximum absolute atomic E-state index is 11.9. The maximum atomic E-state index is 11.9. The van der Waals surface area contributed by atoms with Crippen molar-refractivity contribution in [3.63, 3.8) is 0 Å². The van der Waals surface area contributed by atoms with Crippen LogP contribution in [0.5, 0.6) is 0 Å². The Balaban J connectivity index is 1.94. The second kappa shape index (κ2) is 6.47. The van der Waals surface area contributed by atoms with Crippen molar-refractivity contribution in [3.05, 3.63) is 30.2 Å². The van der Waals surface area contributed by atoms with Crippen molar-refractivity contribution >= 4 is 11.6 Å². The Labute approximate surface area is 118 Å². The second-order valence-electron chi connectivity index (χ2n) is 5.15. The first-order valence-corrected chi connectivity index (χ1v) is 6.92. The number of nitrogens with zero attached hydrogens (tertiary/aromatic N) is 3. The summed E-state index contributed by atoms with van der Waals surface area (Å²) >= 11 is 0. The molecule has 1 amide bonds. The molecule has 2 atom stereocenters. The zero-order valence-electron chi connectivity index (χ0n) is 11.9. The topological polar surface area (TPSA) is 85.3 Å². The fourth-order valence-electron chi connectivity index (χ4n) is 2.12. The third kappa shape index (κ3) is 3.54. The van der Waals surface area contributed by atoms with Gasteiger partial charge in [-0.05, 0) is 38.8 Å². The van der Waals surface area contributed by atoms with Crippen molar-refractivity contribution < 1.29 is 4.79 Å². The summed E-state index contributed by atoms with van der Waals surface area (Å²) in [4.78, 5) is 11.9. The minimum absolute atomic E-state index is 0.0193. The lowest BCUT2D eigenvalue weighted by Crippen LogP contribution is -2.28. The van der Waals surface area contributed by atoms with Crippen molar-refractivity contribution in [2.75, 3.05) is 0 Å². The van der Waals surface area contributed by atoms with Gasteiger partial charge in [0.25, 0.3) is 0 Å². The number of hydrogen-bond donors (Lipinski definition) is 2. The summed E-state index contributed by atoms with van der Waals surface area (Å²) in [6.45, 7) is 3.86. The van der Waals surface area contributed by atoms with E-state index in [1.54, 1.807) is 0 Å². The SMILES string of the molecule is CC(N)CCCC(=O)NC(C)c1nnc2ccccn12. The van der Waals surface area contributed by atoms with Crippen LogP contribution in [0.25, 0.3) is 5.65 Å². The highest BCUT2D eigenvalue weighted by molar-refractivity contribution is 5.76. The highest BCUT2D eigenvalue weighted by atomic mass is 16.1. The Bertz CT molecular complexity index is 578. The lowest BCUT2D eigenvalue weighted by atomic mass is 10.1. The third-order valence-electron chi connectivity index (χ3n) is 3.17. The summed E-state index contributed by atoms with van der Waals surface area (Å²) in [6.07, 6.45) is 4.04. The average molecular weight is 275 g/mol. The molecule has 0 aliphatic heterocycles. The molecular formula is C14H21N5O. The van der Waals surface area contributed by atoms with Crippen LogP contribution in [0.2, 0.25) is 0 Å². The van der Waals surface area contributed by atoms with Gasteiger partial charge in [-0.1, -0.05) is 6.07 Å². The molecule has 0 saturated carbocycles. The summed E-state index contributed by atoms with van der Waals surface area (Å²) < 4.78 is 1.88. The predicted octanol–water partition coefficient (Wildman–Crippen LogP) is 1.42. The molecule has 0 saturated heterocycles. The molecule has 3 N–H and O–H groups in total. The van der Waals surface area contributed by atoms with Gasteiger partial charge >= 0.3 is 0 Å². The van der Waals surface area contributed by atoms with Gasteiger partial charge in [-0.25, -0.2) is 0 Å². The number of fused-ring (bicyclic) bond motifs is 1. The molecule has 2 aromatic heterocycles. The van der Waals surface area contributed by atoms with E-state index in [0.29, 0.717) is 6.42 Å². The van der Waals surface area contributed by atoms with Crippen LogP contribution in [0.3, 0.4) is 0 Å². The first-order chi connectivity index (χ1) is 9.58. The molecule has 0 radical (unpaired) electrons. The van der Waals surface area contributed by atoms with E-state index in [1.807, 2.05) is 42.6 Å². The number of nitrogens with one attached hydrogen (secondary N) is 1. The Morgan fingerprint density at radius 2 is 2.20 bits per heavy atom. The zero-order chi connectivity index (χ0) is 14.5. The fraction of sp³-hybridized carbons (Fsp3) is 0.500. The summed E-state index contributed by atoms with van der Waals surface area (Å²) in [5, 5.41) is 11.2. The lowest BCUT2D eigenvalue weighted by Gasteiger charge is -2.12. The molecule has 2 unspecified atom stereocenters. The van der Waals surface area contributed by atoms with Crippen molar-refractivity contribution in [1.29, 1.82) is 0 Å². The van der Waals surface area contributed by atoms with Gasteiger partial charge in [0.1, 0.15) is 0 Å². The molecule has 0 aliphatic carbocycles. The number of carbonyl (C=O) groups excluding carboxylic acids is 1. The molecule has 108 valence electrons. The molecule has 0 aromatic carbocycles. The monoisotopic (exact) mass is 275 g/mol. The molecule has 2 rings (SSSR count). The number of nitrogens with two attached hydrogens (primary N) is 1. The number of rotatable bonds is 6. The van der Waals surface area contributed by atoms with Gasteiger partial charge in [0.15, 0.2) is 11.5 Å². The second-order valence-corrected chi connectivity index (χ2v) is 5.15. The Hall–Kier alpha value is -1.95. The standard InChI is InChI=1S/C14H21N5O/c1-10(15)6-5-8-13(20)16-11(2)14-18-17-12-7-3-4-9-19(12)14/h3-4,7,9-11H,5-6,8,15H2,1-2H3,(H,16,20). The maximum Gasteiger partial charge on any atom is 0.220 e. The predicted molar refractivity (Wildman–Crippen MR) is 77.0 cm³/mol. The van der Waals surface area contributed by atoms with E-state index in [2.05, 4.69) is 15.5 Å². The molecule has 20 heavy (non-hydrogen) atoms. The van der Waals surface area contributed by atoms with Crippen LogP contribution >= 0.6 is 0 Å². The molecule has 2 heterocycles. The first kappa shape index (κ1) is 14.5. The van der Waals surface area contributed by atoms with Gasteiger partial charge in [-0.2, -0.15) is 0 Å². The van der Waals surface area contributed by atoms with Crippen LogP contribution in [-0.2, 0) is 4.79 Å². The number of pyridine rings is 1. The summed E-state index contributed by atoms with van der Waals surface area (Å²) in [5.74, 6) is 0.756. The summed E-state index contributed by atoms with van der Waals surface area (Å²) in [5.41, 5.74) is 6.44. The van der Waals surface area contributed by atoms with Gasteiger partial charge in [0.05, 0.1) is 6.04 Å². The molecule has 6 heteroatoms. The Kier molecular flexibility index (Phi) is 4.68. The summed E-state index contributed by atoms with van der Waals surface area (Å²) in [6, 6.07) is 5.67. The van der Waals surface area contributed by atoms with Crippen molar-refractivity contribution in [2.45, 2.75) is 45.2 Å². The Morgan fingerprint density at radius 3 is 2.95 bits per heavy atom. The van der Waals surface area contributed by atoms with Crippen LogP contribution in [0.4, 0.5) is 0 Å². The third-order valence-corrected chi connectivity index (χ3v) is 3.17. The van der Waals surface area contributed by atoms with E-state index in [9.17, 15) is 4.79 Å². The van der Waals surface area contributed by atoms with Gasteiger partial charge in [-0.3, -0.25) is 9.20 Å². The van der Waals surface area contributed by atoms with E-state index >= 15 is 0 Å². The fourth-order valence-corrected chi connectivity index (χ4v) is 2.12. The van der Waals surface area contributed by atoms with Crippen LogP contribution in [-0.4, -0.2) is 26.5 Å². The van der Waals surface area contributed by atoms with E-state index in [-0.39, 0.29) is 18.0 Å². The molecule has 0 spiro atoms. The van der Waals surface area contributed by atoms with Crippen molar-refractivity contribution in [1.82, 2.24) is 19.9 Å². The quantitative estimate of drug-likeness (QED) is 0.835. The van der Waals surface area contributed by atoms with Crippen molar-refractivity contribution in [3.8, 4) is 0 Å². The molecule has 6 nitrogen and oxygen atoms in total. The highest BCUT2D eigenvalue weighted by Gasteiger charge is 2.15. The molecule has 2 aromatic rings. The van der Waals surface area contributed by atoms with Gasteiger partial charge < -0.3 is 11.1 Å². The number of hydrogen-bond acceptors (Lipinski definition) is 4. The van der Waals surface area contributed by atoms with Gasteiger partial charge in [0.2, 0.25) is 5.91 Å². The minimum Gasteiger partial charge on any atom is -0.346 e. The number of carbonyl (C=O) groups is 1. The normalized spacial score (nSPS) is 14.2. The number of amides is 1. The largest absolute Gasteiger partial charge is 0.346 e. The van der Waals surface area contributed by atoms with Crippen LogP contribution in [0, 0.1) is 0 Å². The Morgan fingerprint density at radius 1 is 1.40 bits per heavy atom. The molecule has 0 fully saturated rings. The van der Waals surface area contributed by atoms with Crippen molar-refractivity contribution in [2.24, 2.45) is 5.73 Å². The van der Waals surface area contributed by atoms with Crippen LogP contribution < -0.4 is 11.1 Å². The van der Waals surface area contributed by atoms with E-state index in [1.165, 1.54) is 0 Å². The highest BCUT2D eigenvalue weighted by Crippen LogP contribution is 2.12. The molecular weight excluding hydrogens is 254 g/mol. The summed E-state index contributed by atoms with van der Waals surface area (Å²) in [7, 11) is 0. The van der Waals surface area contributed by atoms with Gasteiger partial charge in [-0.15, -0.1) is 10.2 Å². The lowest BCUT2D eigenvalue weighted by molar-refractivity contribution is -0.121. The van der Waals surface area contributed by atoms with Crippen LogP contribution in [0.15, 0.2) is 24.4 Å². The first-order valence-electron chi connectivity index (χ1n) is 6.92. The molecule has 0 bridgehead atoms. The van der Waals surface area contributed by atoms with E-state index in [4.69, 9.17) is 5.73 Å². The smallest absolute Gasteiger partial charge is 0.220 e. The minimum atomic E-state index is -0.171. The van der Waals surface area contributed by atoms with E-state index in [0.717, 1.165) is 24.3 Å². The van der Waals surface area contributed by atoms with E-state index < -0.39 is 0 Å². The van der Waals surface area contributed by atoms with Gasteiger partial charge in [0, 0.05) is 18.7 Å².